The first kappa shape index (κ1) is 8.40. The Morgan fingerprint density at radius 3 is 2.82 bits per heavy atom. The molecule has 0 N–H and O–H groups in total. The van der Waals surface area contributed by atoms with Crippen LogP contribution in [-0.2, 0) is 6.54 Å². The molecule has 0 atom stereocenters. The topological polar surface area (TPSA) is 22.0 Å². The summed E-state index contributed by atoms with van der Waals surface area (Å²) in [5.74, 6) is 0.699. The molecule has 0 aliphatic carbocycles. The van der Waals surface area contributed by atoms with E-state index >= 15 is 0 Å². The van der Waals surface area contributed by atoms with Crippen LogP contribution in [0.5, 0.6) is 0 Å². The molecule has 0 saturated heterocycles. The van der Waals surface area contributed by atoms with Crippen LogP contribution in [0.4, 0.5) is 0 Å². The Hall–Kier alpha value is -0.700. The second-order valence-electron chi connectivity index (χ2n) is 2.38. The van der Waals surface area contributed by atoms with Gasteiger partial charge in [-0.2, -0.15) is 12.6 Å². The Morgan fingerprint density at radius 1 is 1.55 bits per heavy atom. The van der Waals surface area contributed by atoms with Gasteiger partial charge in [0.15, 0.2) is 0 Å². The largest absolute Gasteiger partial charge is 0.312 e. The summed E-state index contributed by atoms with van der Waals surface area (Å²) in [4.78, 5) is 11.2. The summed E-state index contributed by atoms with van der Waals surface area (Å²) in [5, 5.41) is 0. The summed E-state index contributed by atoms with van der Waals surface area (Å²) < 4.78 is 1.72. The third-order valence-electron chi connectivity index (χ3n) is 1.59. The number of pyridine rings is 1. The van der Waals surface area contributed by atoms with E-state index in [4.69, 9.17) is 0 Å². The van der Waals surface area contributed by atoms with E-state index in [9.17, 15) is 4.79 Å². The Kier molecular flexibility index (Phi) is 2.76. The van der Waals surface area contributed by atoms with Crippen molar-refractivity contribution in [1.82, 2.24) is 4.57 Å². The van der Waals surface area contributed by atoms with Crippen molar-refractivity contribution in [3.05, 3.63) is 34.2 Å². The third kappa shape index (κ3) is 1.87. The molecule has 1 heterocycles. The normalized spacial score (nSPS) is 10.0. The highest BCUT2D eigenvalue weighted by Gasteiger charge is 1.95. The van der Waals surface area contributed by atoms with Crippen molar-refractivity contribution in [3.63, 3.8) is 0 Å². The molecule has 11 heavy (non-hydrogen) atoms. The minimum Gasteiger partial charge on any atom is -0.312 e. The highest BCUT2D eigenvalue weighted by Crippen LogP contribution is 1.93. The number of thiol groups is 1. The Labute approximate surface area is 71.3 Å². The number of hydrogen-bond donors (Lipinski definition) is 1. The number of rotatable bonds is 2. The van der Waals surface area contributed by atoms with E-state index in [-0.39, 0.29) is 5.56 Å². The molecule has 0 radical (unpaired) electrons. The molecule has 2 nitrogen and oxygen atoms in total. The van der Waals surface area contributed by atoms with E-state index in [0.717, 1.165) is 5.69 Å². The van der Waals surface area contributed by atoms with Gasteiger partial charge >= 0.3 is 0 Å². The fourth-order valence-electron chi connectivity index (χ4n) is 1.01. The first-order valence-electron chi connectivity index (χ1n) is 3.53. The van der Waals surface area contributed by atoms with Crippen LogP contribution >= 0.6 is 12.6 Å². The van der Waals surface area contributed by atoms with Gasteiger partial charge in [-0.3, -0.25) is 4.79 Å². The quantitative estimate of drug-likeness (QED) is 0.658. The molecule has 0 bridgehead atoms. The molecule has 0 amide bonds. The second-order valence-corrected chi connectivity index (χ2v) is 2.83. The van der Waals surface area contributed by atoms with Gasteiger partial charge in [0.1, 0.15) is 0 Å². The summed E-state index contributed by atoms with van der Waals surface area (Å²) >= 11 is 4.07. The van der Waals surface area contributed by atoms with Crippen LogP contribution in [0.2, 0.25) is 0 Å². The van der Waals surface area contributed by atoms with E-state index in [2.05, 4.69) is 12.6 Å². The lowest BCUT2D eigenvalue weighted by Crippen LogP contribution is -2.21. The molecule has 0 unspecified atom stereocenters. The van der Waals surface area contributed by atoms with Crippen LogP contribution in [0.3, 0.4) is 0 Å². The summed E-state index contributed by atoms with van der Waals surface area (Å²) in [6.45, 7) is 2.61. The smallest absolute Gasteiger partial charge is 0.250 e. The van der Waals surface area contributed by atoms with Gasteiger partial charge in [0, 0.05) is 24.1 Å². The molecule has 3 heteroatoms. The monoisotopic (exact) mass is 169 g/mol. The van der Waals surface area contributed by atoms with Crippen molar-refractivity contribution < 1.29 is 0 Å². The molecule has 0 fully saturated rings. The number of nitrogens with zero attached hydrogens (tertiary/aromatic N) is 1. The zero-order chi connectivity index (χ0) is 8.27. The van der Waals surface area contributed by atoms with E-state index in [1.54, 1.807) is 16.7 Å². The Balaban J connectivity index is 3.10. The van der Waals surface area contributed by atoms with Crippen molar-refractivity contribution in [3.8, 4) is 0 Å². The van der Waals surface area contributed by atoms with Gasteiger partial charge in [-0.05, 0) is 13.0 Å². The molecular formula is C8H11NOS. The average Bonchev–Trinajstić information content (AvgIpc) is 1.97. The molecule has 0 aliphatic rings. The van der Waals surface area contributed by atoms with E-state index in [0.29, 0.717) is 12.3 Å². The molecule has 1 aromatic rings. The number of aryl methyl sites for hydroxylation is 1. The highest BCUT2D eigenvalue weighted by atomic mass is 32.1. The molecule has 0 saturated carbocycles. The summed E-state index contributed by atoms with van der Waals surface area (Å²) in [5.41, 5.74) is 1.05. The van der Waals surface area contributed by atoms with Crippen molar-refractivity contribution in [2.75, 3.05) is 5.75 Å². The van der Waals surface area contributed by atoms with Crippen molar-refractivity contribution in [2.24, 2.45) is 0 Å². The standard InChI is InChI=1S/C8H11NOS/c1-7-3-2-4-8(10)9(7)5-6-11/h2-4,11H,5-6H2,1H3. The molecule has 0 aromatic carbocycles. The number of hydrogen-bond acceptors (Lipinski definition) is 2. The van der Waals surface area contributed by atoms with Crippen molar-refractivity contribution in [1.29, 1.82) is 0 Å². The zero-order valence-corrected chi connectivity index (χ0v) is 7.34. The van der Waals surface area contributed by atoms with Crippen LogP contribution in [0, 0.1) is 6.92 Å². The fraction of sp³-hybridized carbons (Fsp3) is 0.375. The average molecular weight is 169 g/mol. The SMILES string of the molecule is Cc1cccc(=O)n1CCS. The van der Waals surface area contributed by atoms with Gasteiger partial charge in [0.25, 0.3) is 5.56 Å². The molecule has 1 rings (SSSR count). The minimum atomic E-state index is 0.0547. The molecule has 1 aromatic heterocycles. The van der Waals surface area contributed by atoms with Crippen LogP contribution < -0.4 is 5.56 Å². The first-order valence-corrected chi connectivity index (χ1v) is 4.16. The van der Waals surface area contributed by atoms with Gasteiger partial charge in [-0.1, -0.05) is 6.07 Å². The lowest BCUT2D eigenvalue weighted by molar-refractivity contribution is 0.709. The van der Waals surface area contributed by atoms with Crippen molar-refractivity contribution in [2.45, 2.75) is 13.5 Å². The van der Waals surface area contributed by atoms with Crippen LogP contribution in [0.25, 0.3) is 0 Å². The summed E-state index contributed by atoms with van der Waals surface area (Å²) in [6, 6.07) is 5.26. The molecule has 0 aliphatic heterocycles. The lowest BCUT2D eigenvalue weighted by Gasteiger charge is -2.05. The number of aromatic nitrogens is 1. The van der Waals surface area contributed by atoms with Gasteiger partial charge in [0.2, 0.25) is 0 Å². The third-order valence-corrected chi connectivity index (χ3v) is 1.79. The van der Waals surface area contributed by atoms with Gasteiger partial charge < -0.3 is 4.57 Å². The Bertz CT molecular complexity index is 292. The van der Waals surface area contributed by atoms with Gasteiger partial charge in [-0.25, -0.2) is 0 Å². The summed E-state index contributed by atoms with van der Waals surface area (Å²) in [7, 11) is 0. The minimum absolute atomic E-state index is 0.0547. The predicted molar refractivity (Wildman–Crippen MR) is 49.3 cm³/mol. The van der Waals surface area contributed by atoms with E-state index < -0.39 is 0 Å². The lowest BCUT2D eigenvalue weighted by atomic mass is 10.3. The molecular weight excluding hydrogens is 158 g/mol. The highest BCUT2D eigenvalue weighted by molar-refractivity contribution is 7.80. The summed E-state index contributed by atoms with van der Waals surface area (Å²) in [6.07, 6.45) is 0. The maximum Gasteiger partial charge on any atom is 0.250 e. The van der Waals surface area contributed by atoms with Crippen LogP contribution in [0.15, 0.2) is 23.0 Å². The van der Waals surface area contributed by atoms with E-state index in [1.165, 1.54) is 0 Å². The zero-order valence-electron chi connectivity index (χ0n) is 6.45. The molecule has 60 valence electrons. The first-order chi connectivity index (χ1) is 5.25. The van der Waals surface area contributed by atoms with Crippen molar-refractivity contribution >= 4 is 12.6 Å². The predicted octanol–water partition coefficient (Wildman–Crippen LogP) is 1.09. The van der Waals surface area contributed by atoms with Crippen LogP contribution in [-0.4, -0.2) is 10.3 Å². The second kappa shape index (κ2) is 3.62. The van der Waals surface area contributed by atoms with Crippen LogP contribution in [0.1, 0.15) is 5.69 Å². The van der Waals surface area contributed by atoms with Gasteiger partial charge in [0.05, 0.1) is 0 Å². The fourth-order valence-corrected chi connectivity index (χ4v) is 1.21. The van der Waals surface area contributed by atoms with Gasteiger partial charge in [-0.15, -0.1) is 0 Å². The molecule has 0 spiro atoms. The van der Waals surface area contributed by atoms with E-state index in [1.807, 2.05) is 13.0 Å². The maximum atomic E-state index is 11.2. The maximum absolute atomic E-state index is 11.2. The Morgan fingerprint density at radius 2 is 2.27 bits per heavy atom.